The highest BCUT2D eigenvalue weighted by Crippen LogP contribution is 2.29. The number of carbonyl (C=O) groups excluding carboxylic acids is 1. The predicted octanol–water partition coefficient (Wildman–Crippen LogP) is 3.59. The van der Waals surface area contributed by atoms with Crippen LogP contribution in [0.3, 0.4) is 0 Å². The fraction of sp³-hybridized carbons (Fsp3) is 0.353. The van der Waals surface area contributed by atoms with Crippen LogP contribution in [0.2, 0.25) is 0 Å². The molecule has 0 aliphatic heterocycles. The molecule has 1 aliphatic rings. The summed E-state index contributed by atoms with van der Waals surface area (Å²) in [4.78, 5) is 27.4. The van der Waals surface area contributed by atoms with Gasteiger partial charge in [0.05, 0.1) is 5.69 Å². The van der Waals surface area contributed by atoms with Gasteiger partial charge in [-0.2, -0.15) is 0 Å². The van der Waals surface area contributed by atoms with Crippen LogP contribution in [-0.4, -0.2) is 22.0 Å². The smallest absolute Gasteiger partial charge is 0.355 e. The van der Waals surface area contributed by atoms with Crippen molar-refractivity contribution >= 4 is 28.3 Å². The molecule has 0 atom stereocenters. The molecular formula is C17H17FN2O3. The molecule has 1 amide bonds. The first kappa shape index (κ1) is 15.4. The van der Waals surface area contributed by atoms with Crippen LogP contribution < -0.4 is 5.32 Å². The molecule has 1 saturated carbocycles. The molecule has 1 aliphatic carbocycles. The molecule has 2 N–H and O–H groups in total. The minimum atomic E-state index is -1.23. The maximum absolute atomic E-state index is 13.9. The van der Waals surface area contributed by atoms with E-state index in [-0.39, 0.29) is 22.9 Å². The van der Waals surface area contributed by atoms with E-state index in [2.05, 4.69) is 10.3 Å². The van der Waals surface area contributed by atoms with Crippen molar-refractivity contribution in [2.24, 2.45) is 5.92 Å². The number of hydrogen-bond acceptors (Lipinski definition) is 3. The number of nitrogens with zero attached hydrogens (tertiary/aromatic N) is 1. The number of carboxylic acid groups (broad SMARTS) is 1. The van der Waals surface area contributed by atoms with Crippen LogP contribution in [0.5, 0.6) is 0 Å². The summed E-state index contributed by atoms with van der Waals surface area (Å²) in [6.45, 7) is 0. The quantitative estimate of drug-likeness (QED) is 0.907. The molecule has 5 nitrogen and oxygen atoms in total. The summed E-state index contributed by atoms with van der Waals surface area (Å²) in [5, 5.41) is 12.6. The fourth-order valence-electron chi connectivity index (χ4n) is 3.12. The second-order valence-corrected chi connectivity index (χ2v) is 5.84. The molecule has 0 radical (unpaired) electrons. The second kappa shape index (κ2) is 6.32. The monoisotopic (exact) mass is 316 g/mol. The Bertz CT molecular complexity index is 770. The maximum atomic E-state index is 13.9. The van der Waals surface area contributed by atoms with Crippen LogP contribution in [0, 0.1) is 11.7 Å². The SMILES string of the molecule is O=C(O)c1nccc2c(NC(=O)C3CCCCC3)cc(F)cc12. The Morgan fingerprint density at radius 1 is 1.17 bits per heavy atom. The third-order valence-electron chi connectivity index (χ3n) is 4.28. The Morgan fingerprint density at radius 2 is 1.91 bits per heavy atom. The van der Waals surface area contributed by atoms with Gasteiger partial charge in [-0.15, -0.1) is 0 Å². The molecule has 0 spiro atoms. The first-order valence-electron chi connectivity index (χ1n) is 7.68. The number of hydrogen-bond donors (Lipinski definition) is 2. The highest BCUT2D eigenvalue weighted by atomic mass is 19.1. The van der Waals surface area contributed by atoms with E-state index in [9.17, 15) is 19.1 Å². The third-order valence-corrected chi connectivity index (χ3v) is 4.28. The standard InChI is InChI=1S/C17H17FN2O3/c18-11-8-13-12(6-7-19-15(13)17(22)23)14(9-11)20-16(21)10-4-2-1-3-5-10/h6-10H,1-5H2,(H,20,21)(H,22,23). The van der Waals surface area contributed by atoms with Gasteiger partial charge in [-0.05, 0) is 31.0 Å². The van der Waals surface area contributed by atoms with Crippen molar-refractivity contribution in [1.29, 1.82) is 0 Å². The lowest BCUT2D eigenvalue weighted by molar-refractivity contribution is -0.120. The zero-order valence-electron chi connectivity index (χ0n) is 12.5. The molecule has 6 heteroatoms. The average Bonchev–Trinajstić information content (AvgIpc) is 2.54. The number of aromatic carboxylic acids is 1. The lowest BCUT2D eigenvalue weighted by Crippen LogP contribution is -2.24. The average molecular weight is 316 g/mol. The molecular weight excluding hydrogens is 299 g/mol. The van der Waals surface area contributed by atoms with Gasteiger partial charge in [0.15, 0.2) is 5.69 Å². The van der Waals surface area contributed by atoms with Gasteiger partial charge in [-0.1, -0.05) is 19.3 Å². The molecule has 0 bridgehead atoms. The second-order valence-electron chi connectivity index (χ2n) is 5.84. The van der Waals surface area contributed by atoms with Gasteiger partial charge in [0.1, 0.15) is 5.82 Å². The van der Waals surface area contributed by atoms with Gasteiger partial charge in [0.25, 0.3) is 0 Å². The number of pyridine rings is 1. The Balaban J connectivity index is 1.98. The van der Waals surface area contributed by atoms with E-state index in [1.54, 1.807) is 6.07 Å². The number of amides is 1. The van der Waals surface area contributed by atoms with Crippen molar-refractivity contribution in [1.82, 2.24) is 4.98 Å². The van der Waals surface area contributed by atoms with E-state index in [0.29, 0.717) is 11.1 Å². The van der Waals surface area contributed by atoms with E-state index in [1.165, 1.54) is 12.3 Å². The summed E-state index contributed by atoms with van der Waals surface area (Å²) in [6, 6.07) is 3.93. The van der Waals surface area contributed by atoms with E-state index < -0.39 is 11.8 Å². The van der Waals surface area contributed by atoms with Crippen molar-refractivity contribution in [2.45, 2.75) is 32.1 Å². The summed E-state index contributed by atoms with van der Waals surface area (Å²) in [7, 11) is 0. The summed E-state index contributed by atoms with van der Waals surface area (Å²) in [5.74, 6) is -2.04. The zero-order valence-corrected chi connectivity index (χ0v) is 12.5. The first-order valence-corrected chi connectivity index (χ1v) is 7.68. The van der Waals surface area contributed by atoms with Gasteiger partial charge >= 0.3 is 5.97 Å². The number of fused-ring (bicyclic) bond motifs is 1. The van der Waals surface area contributed by atoms with Gasteiger partial charge in [-0.3, -0.25) is 4.79 Å². The number of aromatic nitrogens is 1. The van der Waals surface area contributed by atoms with E-state index in [1.807, 2.05) is 0 Å². The van der Waals surface area contributed by atoms with E-state index in [4.69, 9.17) is 0 Å². The molecule has 0 saturated heterocycles. The van der Waals surface area contributed by atoms with Crippen molar-refractivity contribution < 1.29 is 19.1 Å². The zero-order chi connectivity index (χ0) is 16.4. The van der Waals surface area contributed by atoms with Gasteiger partial charge in [0.2, 0.25) is 5.91 Å². The Labute approximate surface area is 132 Å². The van der Waals surface area contributed by atoms with Crippen molar-refractivity contribution in [3.05, 3.63) is 35.9 Å². The number of halogens is 1. The Morgan fingerprint density at radius 3 is 2.61 bits per heavy atom. The van der Waals surface area contributed by atoms with Crippen LogP contribution in [-0.2, 0) is 4.79 Å². The highest BCUT2D eigenvalue weighted by molar-refractivity contribution is 6.08. The number of carbonyl (C=O) groups is 2. The van der Waals surface area contributed by atoms with Crippen molar-refractivity contribution in [3.63, 3.8) is 0 Å². The summed E-state index contributed by atoms with van der Waals surface area (Å²) in [6.07, 6.45) is 6.20. The number of carboxylic acids is 1. The summed E-state index contributed by atoms with van der Waals surface area (Å²) >= 11 is 0. The highest BCUT2D eigenvalue weighted by Gasteiger charge is 2.22. The molecule has 1 fully saturated rings. The molecule has 0 unspecified atom stereocenters. The van der Waals surface area contributed by atoms with Crippen LogP contribution >= 0.6 is 0 Å². The molecule has 3 rings (SSSR count). The van der Waals surface area contributed by atoms with E-state index in [0.717, 1.165) is 38.2 Å². The number of nitrogens with one attached hydrogen (secondary N) is 1. The van der Waals surface area contributed by atoms with Crippen LogP contribution in [0.25, 0.3) is 10.8 Å². The number of rotatable bonds is 3. The third kappa shape index (κ3) is 3.16. The van der Waals surface area contributed by atoms with Crippen LogP contribution in [0.15, 0.2) is 24.4 Å². The summed E-state index contributed by atoms with van der Waals surface area (Å²) < 4.78 is 13.9. The molecule has 120 valence electrons. The minimum absolute atomic E-state index is 0.0668. The predicted molar refractivity (Wildman–Crippen MR) is 83.9 cm³/mol. The molecule has 23 heavy (non-hydrogen) atoms. The lowest BCUT2D eigenvalue weighted by Gasteiger charge is -2.21. The number of benzene rings is 1. The fourth-order valence-corrected chi connectivity index (χ4v) is 3.12. The van der Waals surface area contributed by atoms with Crippen molar-refractivity contribution in [2.75, 3.05) is 5.32 Å². The normalized spacial score (nSPS) is 15.5. The van der Waals surface area contributed by atoms with Crippen molar-refractivity contribution in [3.8, 4) is 0 Å². The largest absolute Gasteiger partial charge is 0.476 e. The van der Waals surface area contributed by atoms with Gasteiger partial charge in [0, 0.05) is 22.9 Å². The lowest BCUT2D eigenvalue weighted by atomic mass is 9.88. The van der Waals surface area contributed by atoms with Gasteiger partial charge in [-0.25, -0.2) is 14.2 Å². The molecule has 1 aromatic heterocycles. The Kier molecular flexibility index (Phi) is 4.23. The maximum Gasteiger partial charge on any atom is 0.355 e. The van der Waals surface area contributed by atoms with Gasteiger partial charge < -0.3 is 10.4 Å². The topological polar surface area (TPSA) is 79.3 Å². The first-order chi connectivity index (χ1) is 11.1. The minimum Gasteiger partial charge on any atom is -0.476 e. The van der Waals surface area contributed by atoms with Crippen LogP contribution in [0.4, 0.5) is 10.1 Å². The van der Waals surface area contributed by atoms with Crippen LogP contribution in [0.1, 0.15) is 42.6 Å². The van der Waals surface area contributed by atoms with E-state index >= 15 is 0 Å². The molecule has 1 aromatic carbocycles. The Hall–Kier alpha value is -2.50. The number of anilines is 1. The molecule has 1 heterocycles. The molecule has 2 aromatic rings. The summed E-state index contributed by atoms with van der Waals surface area (Å²) in [5.41, 5.74) is 0.0654.